The molecule has 0 radical (unpaired) electrons. The highest BCUT2D eigenvalue weighted by Gasteiger charge is 2.45. The lowest BCUT2D eigenvalue weighted by Gasteiger charge is -2.44. The van der Waals surface area contributed by atoms with Gasteiger partial charge in [0.2, 0.25) is 0 Å². The number of ether oxygens (including phenoxy) is 3. The standard InChI is InChI=1S/C29H36FNO3/c1-4-17-33-28-27(32-18-16-21-8-6-5-7-9-21)25-19-24(14-15-26(25)34-29(28,2)3)31-20-22-10-12-23(30)13-11-22/h1,10-15,19,21,27-28,31H,5-9,16-18,20H2,2-3H3. The summed E-state index contributed by atoms with van der Waals surface area (Å²) in [6.07, 6.45) is 12.6. The number of anilines is 1. The van der Waals surface area contributed by atoms with Crippen LogP contribution >= 0.6 is 0 Å². The van der Waals surface area contributed by atoms with Crippen molar-refractivity contribution in [3.63, 3.8) is 0 Å². The summed E-state index contributed by atoms with van der Waals surface area (Å²) in [5.74, 6) is 3.90. The first-order valence-electron chi connectivity index (χ1n) is 12.4. The van der Waals surface area contributed by atoms with Gasteiger partial charge in [0.25, 0.3) is 0 Å². The predicted molar refractivity (Wildman–Crippen MR) is 133 cm³/mol. The summed E-state index contributed by atoms with van der Waals surface area (Å²) < 4.78 is 32.2. The van der Waals surface area contributed by atoms with E-state index in [-0.39, 0.29) is 24.6 Å². The van der Waals surface area contributed by atoms with Crippen LogP contribution in [-0.2, 0) is 16.0 Å². The molecule has 1 heterocycles. The van der Waals surface area contributed by atoms with E-state index in [4.69, 9.17) is 20.6 Å². The average molecular weight is 466 g/mol. The van der Waals surface area contributed by atoms with E-state index in [9.17, 15) is 4.39 Å². The molecule has 34 heavy (non-hydrogen) atoms. The smallest absolute Gasteiger partial charge is 0.132 e. The SMILES string of the molecule is C#CCOC1C(OCCC2CCCCC2)c2cc(NCc3ccc(F)cc3)ccc2OC1(C)C. The quantitative estimate of drug-likeness (QED) is 0.421. The Kier molecular flexibility index (Phi) is 8.13. The van der Waals surface area contributed by atoms with Crippen LogP contribution in [0.4, 0.5) is 10.1 Å². The van der Waals surface area contributed by atoms with E-state index < -0.39 is 5.60 Å². The molecule has 2 unspecified atom stereocenters. The maximum atomic E-state index is 13.2. The average Bonchev–Trinajstić information content (AvgIpc) is 2.83. The summed E-state index contributed by atoms with van der Waals surface area (Å²) in [6, 6.07) is 12.6. The van der Waals surface area contributed by atoms with Crippen LogP contribution in [0.2, 0.25) is 0 Å². The molecule has 0 spiro atoms. The summed E-state index contributed by atoms with van der Waals surface area (Å²) in [5.41, 5.74) is 2.34. The second kappa shape index (κ2) is 11.3. The molecule has 2 atom stereocenters. The van der Waals surface area contributed by atoms with Crippen LogP contribution in [0.1, 0.15) is 69.6 Å². The van der Waals surface area contributed by atoms with Gasteiger partial charge in [-0.25, -0.2) is 4.39 Å². The minimum atomic E-state index is -0.581. The highest BCUT2D eigenvalue weighted by Crippen LogP contribution is 2.44. The van der Waals surface area contributed by atoms with Crippen molar-refractivity contribution in [3.05, 3.63) is 59.4 Å². The Morgan fingerprint density at radius 1 is 1.09 bits per heavy atom. The van der Waals surface area contributed by atoms with Crippen molar-refractivity contribution in [3.8, 4) is 18.1 Å². The Labute approximate surface area is 203 Å². The Morgan fingerprint density at radius 2 is 1.85 bits per heavy atom. The van der Waals surface area contributed by atoms with E-state index in [1.807, 2.05) is 26.0 Å². The lowest BCUT2D eigenvalue weighted by Crippen LogP contribution is -2.51. The lowest BCUT2D eigenvalue weighted by molar-refractivity contribution is -0.157. The van der Waals surface area contributed by atoms with E-state index in [2.05, 4.69) is 17.3 Å². The fraction of sp³-hybridized carbons (Fsp3) is 0.517. The van der Waals surface area contributed by atoms with Crippen LogP contribution in [0.25, 0.3) is 0 Å². The summed E-state index contributed by atoms with van der Waals surface area (Å²) in [5, 5.41) is 3.43. The Morgan fingerprint density at radius 3 is 2.59 bits per heavy atom. The zero-order valence-electron chi connectivity index (χ0n) is 20.3. The molecular weight excluding hydrogens is 429 g/mol. The van der Waals surface area contributed by atoms with Crippen molar-refractivity contribution in [2.24, 2.45) is 5.92 Å². The molecule has 0 amide bonds. The highest BCUT2D eigenvalue weighted by molar-refractivity contribution is 5.53. The monoisotopic (exact) mass is 465 g/mol. The van der Waals surface area contributed by atoms with E-state index in [0.29, 0.717) is 13.2 Å². The van der Waals surface area contributed by atoms with E-state index in [1.165, 1.54) is 44.2 Å². The fourth-order valence-corrected chi connectivity index (χ4v) is 5.09. The molecule has 2 aromatic rings. The van der Waals surface area contributed by atoms with Crippen LogP contribution in [0, 0.1) is 24.1 Å². The number of hydrogen-bond acceptors (Lipinski definition) is 4. The summed E-state index contributed by atoms with van der Waals surface area (Å²) >= 11 is 0. The molecule has 1 aliphatic carbocycles. The number of halogens is 1. The summed E-state index contributed by atoms with van der Waals surface area (Å²) in [4.78, 5) is 0. The van der Waals surface area contributed by atoms with Gasteiger partial charge in [-0.1, -0.05) is 50.2 Å². The van der Waals surface area contributed by atoms with Crippen molar-refractivity contribution in [2.75, 3.05) is 18.5 Å². The molecule has 182 valence electrons. The molecule has 2 aliphatic rings. The molecule has 0 saturated heterocycles. The van der Waals surface area contributed by atoms with Gasteiger partial charge >= 0.3 is 0 Å². The van der Waals surface area contributed by atoms with Crippen LogP contribution in [-0.4, -0.2) is 24.9 Å². The molecule has 1 N–H and O–H groups in total. The molecule has 4 nitrogen and oxygen atoms in total. The van der Waals surface area contributed by atoms with E-state index in [1.54, 1.807) is 12.1 Å². The van der Waals surface area contributed by atoms with Gasteiger partial charge in [-0.15, -0.1) is 6.42 Å². The zero-order valence-corrected chi connectivity index (χ0v) is 20.3. The van der Waals surface area contributed by atoms with Crippen LogP contribution in [0.3, 0.4) is 0 Å². The lowest BCUT2D eigenvalue weighted by atomic mass is 9.86. The van der Waals surface area contributed by atoms with Crippen LogP contribution < -0.4 is 10.1 Å². The molecule has 2 aromatic carbocycles. The summed E-state index contributed by atoms with van der Waals surface area (Å²) in [7, 11) is 0. The maximum absolute atomic E-state index is 13.2. The number of nitrogens with one attached hydrogen (secondary N) is 1. The zero-order chi connectivity index (χ0) is 24.0. The number of terminal acetylenes is 1. The van der Waals surface area contributed by atoms with Gasteiger partial charge in [0.15, 0.2) is 0 Å². The molecule has 0 aromatic heterocycles. The number of fused-ring (bicyclic) bond motifs is 1. The third-order valence-electron chi connectivity index (χ3n) is 6.95. The van der Waals surface area contributed by atoms with Crippen LogP contribution in [0.5, 0.6) is 5.75 Å². The fourth-order valence-electron chi connectivity index (χ4n) is 5.09. The topological polar surface area (TPSA) is 39.7 Å². The first-order valence-corrected chi connectivity index (χ1v) is 12.4. The van der Waals surface area contributed by atoms with Gasteiger partial charge < -0.3 is 19.5 Å². The minimum absolute atomic E-state index is 0.206. The van der Waals surface area contributed by atoms with E-state index in [0.717, 1.165) is 34.9 Å². The maximum Gasteiger partial charge on any atom is 0.132 e. The molecule has 4 rings (SSSR count). The molecular formula is C29H36FNO3. The molecule has 0 bridgehead atoms. The van der Waals surface area contributed by atoms with Crippen molar-refractivity contribution < 1.29 is 18.6 Å². The third-order valence-corrected chi connectivity index (χ3v) is 6.95. The Hall–Kier alpha value is -2.55. The van der Waals surface area contributed by atoms with Crippen molar-refractivity contribution >= 4 is 5.69 Å². The van der Waals surface area contributed by atoms with Gasteiger partial charge in [0, 0.05) is 24.4 Å². The Bertz CT molecular complexity index is 976. The first kappa shape index (κ1) is 24.6. The third kappa shape index (κ3) is 6.11. The van der Waals surface area contributed by atoms with Gasteiger partial charge in [0.05, 0.1) is 0 Å². The van der Waals surface area contributed by atoms with Gasteiger partial charge in [0.1, 0.15) is 36.0 Å². The summed E-state index contributed by atoms with van der Waals surface area (Å²) in [6.45, 7) is 5.53. The number of rotatable bonds is 9. The second-order valence-corrected chi connectivity index (χ2v) is 9.96. The van der Waals surface area contributed by atoms with Gasteiger partial charge in [-0.3, -0.25) is 0 Å². The molecule has 1 fully saturated rings. The second-order valence-electron chi connectivity index (χ2n) is 9.96. The number of hydrogen-bond donors (Lipinski definition) is 1. The van der Waals surface area contributed by atoms with Crippen molar-refractivity contribution in [1.29, 1.82) is 0 Å². The molecule has 1 saturated carbocycles. The predicted octanol–water partition coefficient (Wildman–Crippen LogP) is 6.66. The van der Waals surface area contributed by atoms with Crippen LogP contribution in [0.15, 0.2) is 42.5 Å². The van der Waals surface area contributed by atoms with Gasteiger partial charge in [-0.05, 0) is 62.1 Å². The Balaban J connectivity index is 1.52. The first-order chi connectivity index (χ1) is 16.5. The van der Waals surface area contributed by atoms with Gasteiger partial charge in [-0.2, -0.15) is 0 Å². The van der Waals surface area contributed by atoms with E-state index >= 15 is 0 Å². The molecule has 5 heteroatoms. The largest absolute Gasteiger partial charge is 0.485 e. The number of benzene rings is 2. The highest BCUT2D eigenvalue weighted by atomic mass is 19.1. The normalized spacial score (nSPS) is 21.8. The van der Waals surface area contributed by atoms with Crippen molar-refractivity contribution in [2.45, 2.75) is 76.7 Å². The molecule has 1 aliphatic heterocycles. The van der Waals surface area contributed by atoms with Crippen molar-refractivity contribution in [1.82, 2.24) is 0 Å². The minimum Gasteiger partial charge on any atom is -0.485 e.